The van der Waals surface area contributed by atoms with Crippen molar-refractivity contribution in [3.63, 3.8) is 0 Å². The quantitative estimate of drug-likeness (QED) is 0.762. The molecule has 18 heavy (non-hydrogen) atoms. The first-order valence-corrected chi connectivity index (χ1v) is 7.09. The number of carbonyl (C=O) groups excluding carboxylic acids is 1. The first-order valence-electron chi connectivity index (χ1n) is 7.09. The number of carbonyl (C=O) groups is 1. The summed E-state index contributed by atoms with van der Waals surface area (Å²) in [4.78, 5) is 12.0. The van der Waals surface area contributed by atoms with Crippen LogP contribution in [0.5, 0.6) is 0 Å². The summed E-state index contributed by atoms with van der Waals surface area (Å²) < 4.78 is 5.19. The second-order valence-corrected chi connectivity index (χ2v) is 5.69. The highest BCUT2D eigenvalue weighted by molar-refractivity contribution is 5.84. The molecule has 0 radical (unpaired) electrons. The Morgan fingerprint density at radius 1 is 1.22 bits per heavy atom. The monoisotopic (exact) mass is 256 g/mol. The fourth-order valence-electron chi connectivity index (χ4n) is 2.24. The molecule has 106 valence electrons. The van der Waals surface area contributed by atoms with E-state index >= 15 is 0 Å². The Hall–Kier alpha value is -0.610. The summed E-state index contributed by atoms with van der Waals surface area (Å²) >= 11 is 0. The van der Waals surface area contributed by atoms with Crippen molar-refractivity contribution in [3.05, 3.63) is 0 Å². The third-order valence-corrected chi connectivity index (χ3v) is 3.80. The van der Waals surface area contributed by atoms with E-state index in [0.29, 0.717) is 12.1 Å². The third kappa shape index (κ3) is 4.58. The molecule has 1 saturated carbocycles. The van der Waals surface area contributed by atoms with Gasteiger partial charge in [-0.3, -0.25) is 4.79 Å². The number of nitrogens with one attached hydrogen (secondary N) is 2. The summed E-state index contributed by atoms with van der Waals surface area (Å²) in [5.41, 5.74) is -0.725. The maximum atomic E-state index is 12.0. The summed E-state index contributed by atoms with van der Waals surface area (Å²) in [6.45, 7) is 6.89. The van der Waals surface area contributed by atoms with Crippen LogP contribution in [0.15, 0.2) is 0 Å². The molecule has 0 aromatic rings. The topological polar surface area (TPSA) is 50.4 Å². The minimum atomic E-state index is -0.725. The maximum Gasteiger partial charge on any atom is 0.251 e. The fraction of sp³-hybridized carbons (Fsp3) is 0.929. The zero-order chi connectivity index (χ0) is 13.6. The summed E-state index contributed by atoms with van der Waals surface area (Å²) in [5.74, 6) is -0.00466. The van der Waals surface area contributed by atoms with E-state index in [1.165, 1.54) is 6.42 Å². The second-order valence-electron chi connectivity index (χ2n) is 5.69. The molecule has 1 amide bonds. The zero-order valence-electron chi connectivity index (χ0n) is 12.2. The van der Waals surface area contributed by atoms with E-state index in [4.69, 9.17) is 4.74 Å². The van der Waals surface area contributed by atoms with Crippen LogP contribution in [0, 0.1) is 0 Å². The van der Waals surface area contributed by atoms with Crippen molar-refractivity contribution in [1.29, 1.82) is 0 Å². The van der Waals surface area contributed by atoms with Crippen LogP contribution in [0.4, 0.5) is 0 Å². The Balaban J connectivity index is 2.29. The Morgan fingerprint density at radius 2 is 1.78 bits per heavy atom. The van der Waals surface area contributed by atoms with Crippen molar-refractivity contribution < 1.29 is 9.53 Å². The molecule has 4 heteroatoms. The molecule has 1 aliphatic rings. The van der Waals surface area contributed by atoms with Gasteiger partial charge in [0.15, 0.2) is 0 Å². The minimum absolute atomic E-state index is 0.00466. The first-order chi connectivity index (χ1) is 8.49. The maximum absolute atomic E-state index is 12.0. The largest absolute Gasteiger partial charge is 0.369 e. The molecular formula is C14H28N2O2. The molecule has 0 spiro atoms. The van der Waals surface area contributed by atoms with Crippen LogP contribution in [0.1, 0.15) is 52.9 Å². The molecule has 1 aliphatic carbocycles. The van der Waals surface area contributed by atoms with E-state index in [2.05, 4.69) is 17.6 Å². The normalized spacial score (nSPS) is 24.9. The first kappa shape index (κ1) is 15.4. The van der Waals surface area contributed by atoms with Gasteiger partial charge in [-0.1, -0.05) is 6.92 Å². The van der Waals surface area contributed by atoms with E-state index in [0.717, 1.165) is 32.2 Å². The van der Waals surface area contributed by atoms with Crippen LogP contribution < -0.4 is 10.6 Å². The van der Waals surface area contributed by atoms with Gasteiger partial charge in [0, 0.05) is 19.2 Å². The van der Waals surface area contributed by atoms with Gasteiger partial charge in [-0.2, -0.15) is 0 Å². The lowest BCUT2D eigenvalue weighted by molar-refractivity contribution is -0.140. The predicted octanol–water partition coefficient (Wildman–Crippen LogP) is 1.84. The molecule has 2 N–H and O–H groups in total. The Bertz CT molecular complexity index is 259. The molecule has 1 rings (SSSR count). The SMILES string of the molecule is CCCNC1CCC(NC(=O)C(C)(C)OC)CC1. The van der Waals surface area contributed by atoms with Crippen molar-refractivity contribution in [2.24, 2.45) is 0 Å². The summed E-state index contributed by atoms with van der Waals surface area (Å²) in [7, 11) is 1.57. The third-order valence-electron chi connectivity index (χ3n) is 3.80. The van der Waals surface area contributed by atoms with Crippen molar-refractivity contribution >= 4 is 5.91 Å². The highest BCUT2D eigenvalue weighted by Gasteiger charge is 2.30. The summed E-state index contributed by atoms with van der Waals surface area (Å²) in [6.07, 6.45) is 5.61. The molecule has 0 aromatic carbocycles. The second kappa shape index (κ2) is 7.10. The highest BCUT2D eigenvalue weighted by Crippen LogP contribution is 2.19. The number of methoxy groups -OCH3 is 1. The lowest BCUT2D eigenvalue weighted by Gasteiger charge is -2.32. The van der Waals surface area contributed by atoms with Gasteiger partial charge in [0.2, 0.25) is 0 Å². The molecule has 1 fully saturated rings. The van der Waals surface area contributed by atoms with Gasteiger partial charge < -0.3 is 15.4 Å². The van der Waals surface area contributed by atoms with Crippen LogP contribution in [-0.2, 0) is 9.53 Å². The van der Waals surface area contributed by atoms with E-state index in [9.17, 15) is 4.79 Å². The van der Waals surface area contributed by atoms with Crippen molar-refractivity contribution in [2.45, 2.75) is 70.6 Å². The van der Waals surface area contributed by atoms with Crippen LogP contribution in [0.25, 0.3) is 0 Å². The fourth-order valence-corrected chi connectivity index (χ4v) is 2.24. The molecule has 0 heterocycles. The van der Waals surface area contributed by atoms with Crippen molar-refractivity contribution in [3.8, 4) is 0 Å². The average Bonchev–Trinajstić information content (AvgIpc) is 2.37. The number of hydrogen-bond acceptors (Lipinski definition) is 3. The highest BCUT2D eigenvalue weighted by atomic mass is 16.5. The Labute approximate surface area is 111 Å². The van der Waals surface area contributed by atoms with E-state index < -0.39 is 5.60 Å². The van der Waals surface area contributed by atoms with Crippen LogP contribution in [-0.4, -0.2) is 37.2 Å². The van der Waals surface area contributed by atoms with Crippen molar-refractivity contribution in [1.82, 2.24) is 10.6 Å². The summed E-state index contributed by atoms with van der Waals surface area (Å²) in [5, 5.41) is 6.64. The smallest absolute Gasteiger partial charge is 0.251 e. The van der Waals surface area contributed by atoms with Gasteiger partial charge in [-0.25, -0.2) is 0 Å². The number of amides is 1. The van der Waals surface area contributed by atoms with Gasteiger partial charge in [-0.15, -0.1) is 0 Å². The zero-order valence-corrected chi connectivity index (χ0v) is 12.2. The van der Waals surface area contributed by atoms with E-state index in [1.54, 1.807) is 21.0 Å². The van der Waals surface area contributed by atoms with E-state index in [-0.39, 0.29) is 5.91 Å². The van der Waals surface area contributed by atoms with Gasteiger partial charge in [0.05, 0.1) is 0 Å². The number of ether oxygens (including phenoxy) is 1. The summed E-state index contributed by atoms with van der Waals surface area (Å²) in [6, 6.07) is 0.945. The Kier molecular flexibility index (Phi) is 6.09. The minimum Gasteiger partial charge on any atom is -0.369 e. The average molecular weight is 256 g/mol. The molecule has 0 saturated heterocycles. The standard InChI is InChI=1S/C14H28N2O2/c1-5-10-15-11-6-8-12(9-7-11)16-13(17)14(2,3)18-4/h11-12,15H,5-10H2,1-4H3,(H,16,17). The predicted molar refractivity (Wildman–Crippen MR) is 73.6 cm³/mol. The number of hydrogen-bond donors (Lipinski definition) is 2. The van der Waals surface area contributed by atoms with E-state index in [1.807, 2.05) is 0 Å². The molecule has 0 unspecified atom stereocenters. The van der Waals surface area contributed by atoms with Crippen LogP contribution in [0.2, 0.25) is 0 Å². The molecule has 0 aliphatic heterocycles. The number of rotatable bonds is 6. The van der Waals surface area contributed by atoms with Crippen molar-refractivity contribution in [2.75, 3.05) is 13.7 Å². The van der Waals surface area contributed by atoms with Crippen LogP contribution >= 0.6 is 0 Å². The molecule has 0 atom stereocenters. The van der Waals surface area contributed by atoms with Gasteiger partial charge >= 0.3 is 0 Å². The lowest BCUT2D eigenvalue weighted by atomic mass is 9.90. The van der Waals surface area contributed by atoms with Gasteiger partial charge in [0.1, 0.15) is 5.60 Å². The molecular weight excluding hydrogens is 228 g/mol. The van der Waals surface area contributed by atoms with Gasteiger partial charge in [0.25, 0.3) is 5.91 Å². The lowest BCUT2D eigenvalue weighted by Crippen LogP contribution is -2.49. The van der Waals surface area contributed by atoms with Crippen LogP contribution in [0.3, 0.4) is 0 Å². The molecule has 0 aromatic heterocycles. The molecule has 4 nitrogen and oxygen atoms in total. The van der Waals surface area contributed by atoms with Gasteiger partial charge in [-0.05, 0) is 52.5 Å². The molecule has 0 bridgehead atoms. The Morgan fingerprint density at radius 3 is 2.28 bits per heavy atom.